The molecule has 0 saturated carbocycles. The molecule has 0 fully saturated rings. The van der Waals surface area contributed by atoms with Gasteiger partial charge < -0.3 is 20.7 Å². The summed E-state index contributed by atoms with van der Waals surface area (Å²) in [5, 5.41) is 9.11. The van der Waals surface area contributed by atoms with Crippen molar-refractivity contribution in [3.63, 3.8) is 0 Å². The van der Waals surface area contributed by atoms with E-state index < -0.39 is 12.0 Å². The van der Waals surface area contributed by atoms with Gasteiger partial charge in [0.05, 0.1) is 17.1 Å². The molecule has 1 heterocycles. The van der Waals surface area contributed by atoms with Crippen LogP contribution in [0.1, 0.15) is 17.4 Å². The van der Waals surface area contributed by atoms with E-state index in [-0.39, 0.29) is 6.04 Å². The first-order valence-electron chi connectivity index (χ1n) is 6.01. The molecule has 4 N–H and O–H groups in total. The normalized spacial score (nSPS) is 14.8. The average Bonchev–Trinajstić information content (AvgIpc) is 2.67. The van der Waals surface area contributed by atoms with E-state index in [1.165, 1.54) is 0 Å². The van der Waals surface area contributed by atoms with Crippen molar-refractivity contribution in [1.82, 2.24) is 14.9 Å². The number of carboxylic acids is 1. The first-order chi connectivity index (χ1) is 8.90. The van der Waals surface area contributed by atoms with E-state index in [4.69, 9.17) is 10.8 Å². The molecule has 0 spiro atoms. The molecule has 0 saturated heterocycles. The Labute approximate surface area is 111 Å². The number of hydrogen-bond donors (Lipinski definition) is 3. The van der Waals surface area contributed by atoms with Crippen molar-refractivity contribution in [3.8, 4) is 0 Å². The predicted octanol–water partition coefficient (Wildman–Crippen LogP) is 0.886. The number of nitrogens with one attached hydrogen (secondary N) is 1. The molecule has 0 aliphatic rings. The Hall–Kier alpha value is -1.92. The van der Waals surface area contributed by atoms with Crippen molar-refractivity contribution in [1.29, 1.82) is 0 Å². The molecule has 2 aromatic rings. The van der Waals surface area contributed by atoms with Gasteiger partial charge in [0.1, 0.15) is 11.9 Å². The summed E-state index contributed by atoms with van der Waals surface area (Å²) in [6, 6.07) is 4.29. The quantitative estimate of drug-likeness (QED) is 0.760. The number of fused-ring (bicyclic) bond motifs is 1. The molecule has 0 aliphatic heterocycles. The van der Waals surface area contributed by atoms with Gasteiger partial charge >= 0.3 is 5.97 Å². The number of nitrogens with two attached hydrogens (primary N) is 1. The Morgan fingerprint density at radius 3 is 2.74 bits per heavy atom. The minimum atomic E-state index is -1.01. The summed E-state index contributed by atoms with van der Waals surface area (Å²) in [6.07, 6.45) is 0. The maximum atomic E-state index is 11.1. The van der Waals surface area contributed by atoms with Crippen LogP contribution in [0.15, 0.2) is 18.2 Å². The van der Waals surface area contributed by atoms with Crippen molar-refractivity contribution in [2.75, 3.05) is 14.1 Å². The third-order valence-electron chi connectivity index (χ3n) is 3.15. The lowest BCUT2D eigenvalue weighted by Crippen LogP contribution is -2.43. The lowest BCUT2D eigenvalue weighted by atomic mass is 9.98. The third kappa shape index (κ3) is 2.59. The minimum absolute atomic E-state index is 0.384. The summed E-state index contributed by atoms with van der Waals surface area (Å²) in [5.74, 6) is -0.185. The summed E-state index contributed by atoms with van der Waals surface area (Å²) in [7, 11) is 3.63. The van der Waals surface area contributed by atoms with Crippen LogP contribution in [0.3, 0.4) is 0 Å². The Morgan fingerprint density at radius 1 is 1.47 bits per heavy atom. The van der Waals surface area contributed by atoms with Crippen LogP contribution in [0.5, 0.6) is 0 Å². The molecule has 1 aromatic heterocycles. The number of aliphatic carboxylic acids is 1. The first kappa shape index (κ1) is 13.5. The molecule has 2 rings (SSSR count). The molecule has 1 aromatic carbocycles. The number of hydrogen-bond acceptors (Lipinski definition) is 4. The highest BCUT2D eigenvalue weighted by atomic mass is 16.4. The molecule has 0 bridgehead atoms. The number of carboxylic acid groups (broad SMARTS) is 1. The minimum Gasteiger partial charge on any atom is -0.480 e. The topological polar surface area (TPSA) is 95.2 Å². The molecule has 6 nitrogen and oxygen atoms in total. The lowest BCUT2D eigenvalue weighted by Gasteiger charge is -2.27. The summed E-state index contributed by atoms with van der Waals surface area (Å²) in [6.45, 7) is 1.88. The second kappa shape index (κ2) is 4.99. The van der Waals surface area contributed by atoms with Crippen LogP contribution in [0.4, 0.5) is 0 Å². The van der Waals surface area contributed by atoms with E-state index >= 15 is 0 Å². The number of rotatable bonds is 4. The molecule has 6 heteroatoms. The van der Waals surface area contributed by atoms with Crippen LogP contribution < -0.4 is 5.73 Å². The average molecular weight is 262 g/mol. The van der Waals surface area contributed by atoms with Gasteiger partial charge in [0.2, 0.25) is 0 Å². The number of aryl methyl sites for hydroxylation is 1. The van der Waals surface area contributed by atoms with E-state index in [9.17, 15) is 4.79 Å². The van der Waals surface area contributed by atoms with Crippen LogP contribution in [0.25, 0.3) is 11.0 Å². The van der Waals surface area contributed by atoms with Gasteiger partial charge in [0.15, 0.2) is 0 Å². The van der Waals surface area contributed by atoms with Gasteiger partial charge in [0.25, 0.3) is 0 Å². The molecule has 2 unspecified atom stereocenters. The van der Waals surface area contributed by atoms with Crippen LogP contribution in [-0.2, 0) is 4.79 Å². The Balaban J connectivity index is 2.46. The molecular weight excluding hydrogens is 244 g/mol. The molecule has 2 atom stereocenters. The van der Waals surface area contributed by atoms with Gasteiger partial charge in [-0.2, -0.15) is 0 Å². The molecule has 0 aliphatic carbocycles. The van der Waals surface area contributed by atoms with E-state index in [0.29, 0.717) is 0 Å². The van der Waals surface area contributed by atoms with Gasteiger partial charge in [-0.05, 0) is 38.7 Å². The van der Waals surface area contributed by atoms with Crippen molar-refractivity contribution in [2.24, 2.45) is 5.73 Å². The maximum absolute atomic E-state index is 11.1. The van der Waals surface area contributed by atoms with Crippen LogP contribution in [0.2, 0.25) is 0 Å². The smallest absolute Gasteiger partial charge is 0.322 e. The summed E-state index contributed by atoms with van der Waals surface area (Å²) in [4.78, 5) is 20.4. The van der Waals surface area contributed by atoms with Gasteiger partial charge in [-0.15, -0.1) is 0 Å². The van der Waals surface area contributed by atoms with E-state index in [1.54, 1.807) is 0 Å². The Kier molecular flexibility index (Phi) is 3.55. The molecule has 102 valence electrons. The second-order valence-electron chi connectivity index (χ2n) is 4.87. The highest BCUT2D eigenvalue weighted by Gasteiger charge is 2.27. The van der Waals surface area contributed by atoms with Gasteiger partial charge in [-0.25, -0.2) is 4.98 Å². The standard InChI is InChI=1S/C13H18N4O2/c1-7-15-9-5-4-8(6-10(9)16-7)12(17(2)3)11(14)13(18)19/h4-6,11-12H,14H2,1-3H3,(H,15,16)(H,18,19). The summed E-state index contributed by atoms with van der Waals surface area (Å²) >= 11 is 0. The van der Waals surface area contributed by atoms with Crippen molar-refractivity contribution < 1.29 is 9.90 Å². The molecule has 0 amide bonds. The van der Waals surface area contributed by atoms with Crippen LogP contribution >= 0.6 is 0 Å². The summed E-state index contributed by atoms with van der Waals surface area (Å²) < 4.78 is 0. The first-order valence-corrected chi connectivity index (χ1v) is 6.01. The Bertz CT molecular complexity index is 606. The van der Waals surface area contributed by atoms with E-state index in [0.717, 1.165) is 22.4 Å². The number of carbonyl (C=O) groups is 1. The zero-order valence-corrected chi connectivity index (χ0v) is 11.2. The fraction of sp³-hybridized carbons (Fsp3) is 0.385. The Morgan fingerprint density at radius 2 is 2.16 bits per heavy atom. The predicted molar refractivity (Wildman–Crippen MR) is 72.9 cm³/mol. The zero-order valence-electron chi connectivity index (χ0n) is 11.2. The molecule has 0 radical (unpaired) electrons. The SMILES string of the molecule is Cc1nc2ccc(C(C(N)C(=O)O)N(C)C)cc2[nH]1. The highest BCUT2D eigenvalue weighted by Crippen LogP contribution is 2.24. The van der Waals surface area contributed by atoms with Crippen molar-refractivity contribution in [2.45, 2.75) is 19.0 Å². The number of nitrogens with zero attached hydrogens (tertiary/aromatic N) is 2. The van der Waals surface area contributed by atoms with Gasteiger partial charge in [-0.3, -0.25) is 4.79 Å². The zero-order chi connectivity index (χ0) is 14.2. The molecular formula is C13H18N4O2. The van der Waals surface area contributed by atoms with E-state index in [2.05, 4.69) is 9.97 Å². The maximum Gasteiger partial charge on any atom is 0.322 e. The highest BCUT2D eigenvalue weighted by molar-refractivity contribution is 5.78. The van der Waals surface area contributed by atoms with E-state index in [1.807, 2.05) is 44.1 Å². The van der Waals surface area contributed by atoms with Crippen molar-refractivity contribution in [3.05, 3.63) is 29.6 Å². The number of imidazole rings is 1. The molecule has 19 heavy (non-hydrogen) atoms. The summed E-state index contributed by atoms with van der Waals surface area (Å²) in [5.41, 5.74) is 8.39. The third-order valence-corrected chi connectivity index (χ3v) is 3.15. The monoisotopic (exact) mass is 262 g/mol. The van der Waals surface area contributed by atoms with Crippen LogP contribution in [0, 0.1) is 6.92 Å². The van der Waals surface area contributed by atoms with Crippen LogP contribution in [-0.4, -0.2) is 46.1 Å². The second-order valence-corrected chi connectivity index (χ2v) is 4.87. The number of benzene rings is 1. The van der Waals surface area contributed by atoms with Gasteiger partial charge in [0, 0.05) is 0 Å². The number of aromatic nitrogens is 2. The number of likely N-dealkylation sites (N-methyl/N-ethyl adjacent to an activating group) is 1. The van der Waals surface area contributed by atoms with Crippen molar-refractivity contribution >= 4 is 17.0 Å². The van der Waals surface area contributed by atoms with Gasteiger partial charge in [-0.1, -0.05) is 6.07 Å². The number of aromatic amines is 1. The fourth-order valence-electron chi connectivity index (χ4n) is 2.30. The fourth-order valence-corrected chi connectivity index (χ4v) is 2.30. The lowest BCUT2D eigenvalue weighted by molar-refractivity contribution is -0.140. The number of H-pyrrole nitrogens is 1. The largest absolute Gasteiger partial charge is 0.480 e.